The van der Waals surface area contributed by atoms with Crippen molar-refractivity contribution in [3.05, 3.63) is 50.1 Å². The smallest absolute Gasteiger partial charge is 0.317 e. The number of nitrogens with one attached hydrogen (secondary N) is 1. The first kappa shape index (κ1) is 31.2. The van der Waals surface area contributed by atoms with E-state index in [-0.39, 0.29) is 19.3 Å². The van der Waals surface area contributed by atoms with Crippen LogP contribution >= 0.6 is 11.3 Å². The molecule has 1 fully saturated rings. The highest BCUT2D eigenvalue weighted by Gasteiger charge is 2.47. The number of aromatic nitrogens is 2. The number of rotatable bonds is 9. The Labute approximate surface area is 251 Å². The fraction of sp³-hybridized carbons (Fsp3) is 0.636. The standard InChI is InChI=1S/C31H41N5O2S.C2H6.H2/c1-6-34-27-18(3)22(27)15-17(2)19(4)38-30-35-14-11-24(36-30)28(37)21-9-7-12-31(29(21)33)13-8-10-25-26(31)23(16-32)20(5)39-25;1-2;/h11,14,17-19,22,27,34H,6-10,12-13,15,33H2,1-5H3;1-2H3;1H/t17?,18?,19-,22?,27?,31-;;/m0../s1. The van der Waals surface area contributed by atoms with E-state index in [2.05, 4.69) is 49.0 Å². The Morgan fingerprint density at radius 1 is 1.32 bits per heavy atom. The monoisotopic (exact) mass is 579 g/mol. The molecule has 3 aliphatic carbocycles. The molecule has 2 aromatic heterocycles. The van der Waals surface area contributed by atoms with E-state index in [0.717, 1.165) is 61.1 Å². The van der Waals surface area contributed by atoms with Gasteiger partial charge in [0.2, 0.25) is 5.78 Å². The first-order chi connectivity index (χ1) is 19.7. The van der Waals surface area contributed by atoms with E-state index in [9.17, 15) is 10.1 Å². The molecule has 6 atom stereocenters. The Hall–Kier alpha value is -2.76. The van der Waals surface area contributed by atoms with Crippen molar-refractivity contribution >= 4 is 17.1 Å². The van der Waals surface area contributed by atoms with Gasteiger partial charge in [-0.05, 0) is 94.7 Å². The molecular formula is C33H49N5O2S. The van der Waals surface area contributed by atoms with Crippen LogP contribution in [0.5, 0.6) is 6.01 Å². The molecule has 0 aliphatic heterocycles. The molecule has 3 aliphatic rings. The molecule has 0 saturated heterocycles. The van der Waals surface area contributed by atoms with Crippen LogP contribution < -0.4 is 15.8 Å². The van der Waals surface area contributed by atoms with Crippen molar-refractivity contribution < 1.29 is 11.0 Å². The number of nitriles is 1. The molecule has 224 valence electrons. The number of Topliss-reactive ketones (excluding diaryl/α,β-unsaturated/α-hetero) is 1. The Morgan fingerprint density at radius 3 is 2.71 bits per heavy atom. The van der Waals surface area contributed by atoms with Gasteiger partial charge >= 0.3 is 6.01 Å². The van der Waals surface area contributed by atoms with E-state index in [1.54, 1.807) is 23.6 Å². The van der Waals surface area contributed by atoms with E-state index in [0.29, 0.717) is 47.2 Å². The second kappa shape index (κ2) is 13.0. The zero-order valence-electron chi connectivity index (χ0n) is 25.8. The van der Waals surface area contributed by atoms with E-state index in [1.165, 1.54) is 4.88 Å². The number of ketones is 1. The molecule has 4 unspecified atom stereocenters. The van der Waals surface area contributed by atoms with Gasteiger partial charge in [0, 0.05) is 40.1 Å². The van der Waals surface area contributed by atoms with Gasteiger partial charge in [0.05, 0.1) is 5.56 Å². The second-order valence-electron chi connectivity index (χ2n) is 11.8. The predicted molar refractivity (Wildman–Crippen MR) is 167 cm³/mol. The first-order valence-electron chi connectivity index (χ1n) is 15.5. The summed E-state index contributed by atoms with van der Waals surface area (Å²) in [6.07, 6.45) is 7.81. The summed E-state index contributed by atoms with van der Waals surface area (Å²) in [6.45, 7) is 15.7. The van der Waals surface area contributed by atoms with Crippen LogP contribution in [0.25, 0.3) is 0 Å². The van der Waals surface area contributed by atoms with Crippen LogP contribution in [0.2, 0.25) is 0 Å². The maximum atomic E-state index is 13.8. The molecule has 0 amide bonds. The highest BCUT2D eigenvalue weighted by atomic mass is 32.1. The molecule has 5 rings (SSSR count). The number of carbonyl (C=O) groups is 1. The summed E-state index contributed by atoms with van der Waals surface area (Å²) in [5, 5.41) is 13.5. The van der Waals surface area contributed by atoms with Crippen LogP contribution in [-0.2, 0) is 11.8 Å². The number of allylic oxidation sites excluding steroid dienone is 2. The highest BCUT2D eigenvalue weighted by molar-refractivity contribution is 7.12. The van der Waals surface area contributed by atoms with Gasteiger partial charge in [0.25, 0.3) is 0 Å². The second-order valence-corrected chi connectivity index (χ2v) is 13.1. The Balaban J connectivity index is 0.00000158. The number of thiophene rings is 1. The number of ether oxygens (including phenoxy) is 1. The molecule has 41 heavy (non-hydrogen) atoms. The molecule has 0 bridgehead atoms. The van der Waals surface area contributed by atoms with Crippen LogP contribution in [0.1, 0.15) is 113 Å². The number of fused-ring (bicyclic) bond motifs is 2. The Kier molecular flexibility index (Phi) is 9.92. The molecule has 1 spiro atoms. The Morgan fingerprint density at radius 2 is 2.02 bits per heavy atom. The summed E-state index contributed by atoms with van der Waals surface area (Å²) < 4.78 is 6.15. The molecule has 8 heteroatoms. The summed E-state index contributed by atoms with van der Waals surface area (Å²) in [6, 6.07) is 4.92. The van der Waals surface area contributed by atoms with Gasteiger partial charge in [-0.25, -0.2) is 4.98 Å². The van der Waals surface area contributed by atoms with Crippen LogP contribution in [0.15, 0.2) is 23.5 Å². The van der Waals surface area contributed by atoms with Gasteiger partial charge in [0.15, 0.2) is 0 Å². The van der Waals surface area contributed by atoms with Gasteiger partial charge in [-0.1, -0.05) is 34.6 Å². The Bertz CT molecular complexity index is 1330. The number of nitrogens with zero attached hydrogens (tertiary/aromatic N) is 3. The van der Waals surface area contributed by atoms with Crippen molar-refractivity contribution in [1.82, 2.24) is 15.3 Å². The summed E-state index contributed by atoms with van der Waals surface area (Å²) in [4.78, 5) is 25.0. The third-order valence-corrected chi connectivity index (χ3v) is 10.7. The third kappa shape index (κ3) is 5.94. The normalized spacial score (nSPS) is 26.3. The van der Waals surface area contributed by atoms with Crippen molar-refractivity contribution in [1.29, 1.82) is 5.26 Å². The molecule has 2 heterocycles. The van der Waals surface area contributed by atoms with Crippen molar-refractivity contribution in [2.45, 2.75) is 111 Å². The number of nitrogens with two attached hydrogens (primary N) is 1. The van der Waals surface area contributed by atoms with Gasteiger partial charge in [-0.15, -0.1) is 11.3 Å². The van der Waals surface area contributed by atoms with Gasteiger partial charge < -0.3 is 15.8 Å². The lowest BCUT2D eigenvalue weighted by molar-refractivity contribution is 0.101. The minimum absolute atomic E-state index is 0. The van der Waals surface area contributed by atoms with E-state index in [4.69, 9.17) is 10.5 Å². The van der Waals surface area contributed by atoms with Gasteiger partial charge in [-0.3, -0.25) is 4.79 Å². The molecule has 1 saturated carbocycles. The highest BCUT2D eigenvalue weighted by Crippen LogP contribution is 2.52. The largest absolute Gasteiger partial charge is 0.460 e. The summed E-state index contributed by atoms with van der Waals surface area (Å²) >= 11 is 1.71. The average Bonchev–Trinajstić information content (AvgIpc) is 3.42. The van der Waals surface area contributed by atoms with Crippen LogP contribution in [-0.4, -0.2) is 34.4 Å². The zero-order valence-corrected chi connectivity index (χ0v) is 26.7. The lowest BCUT2D eigenvalue weighted by Crippen LogP contribution is -2.40. The maximum Gasteiger partial charge on any atom is 0.317 e. The van der Waals surface area contributed by atoms with E-state index >= 15 is 0 Å². The average molecular weight is 580 g/mol. The molecule has 7 nitrogen and oxygen atoms in total. The zero-order chi connectivity index (χ0) is 29.9. The molecule has 3 N–H and O–H groups in total. The first-order valence-corrected chi connectivity index (χ1v) is 16.3. The molecule has 0 aromatic carbocycles. The fourth-order valence-corrected chi connectivity index (χ4v) is 8.30. The summed E-state index contributed by atoms with van der Waals surface area (Å²) in [7, 11) is 0. The van der Waals surface area contributed by atoms with Gasteiger partial charge in [-0.2, -0.15) is 10.2 Å². The minimum atomic E-state index is -0.437. The van der Waals surface area contributed by atoms with Crippen LogP contribution in [0.3, 0.4) is 0 Å². The number of carbonyl (C=O) groups excluding carboxylic acids is 1. The predicted octanol–water partition coefficient (Wildman–Crippen LogP) is 6.88. The van der Waals surface area contributed by atoms with Gasteiger partial charge in [0.1, 0.15) is 17.9 Å². The van der Waals surface area contributed by atoms with E-state index in [1.807, 2.05) is 20.8 Å². The lowest BCUT2D eigenvalue weighted by atomic mass is 9.62. The van der Waals surface area contributed by atoms with Crippen LogP contribution in [0, 0.1) is 36.0 Å². The van der Waals surface area contributed by atoms with Crippen LogP contribution in [0.4, 0.5) is 0 Å². The lowest BCUT2D eigenvalue weighted by Gasteiger charge is -2.42. The number of hydrogen-bond acceptors (Lipinski definition) is 8. The summed E-state index contributed by atoms with van der Waals surface area (Å²) in [5.74, 6) is 1.54. The summed E-state index contributed by atoms with van der Waals surface area (Å²) in [5.41, 5.74) is 9.88. The molecule has 2 aromatic rings. The number of aryl methyl sites for hydroxylation is 2. The quantitative estimate of drug-likeness (QED) is 0.311. The minimum Gasteiger partial charge on any atom is -0.460 e. The third-order valence-electron chi connectivity index (χ3n) is 9.50. The van der Waals surface area contributed by atoms with Crippen molar-refractivity contribution in [2.75, 3.05) is 6.54 Å². The molecular weight excluding hydrogens is 530 g/mol. The van der Waals surface area contributed by atoms with Crippen molar-refractivity contribution in [2.24, 2.45) is 23.5 Å². The SMILES string of the molecule is CC.CCNC1C(C)C1CC(C)[C@H](C)Oc1nccc(C(=O)C2=C(N)[C@@]3(CCC2)CCCc2sc(C)c(C#N)c23)n1.[HH]. The van der Waals surface area contributed by atoms with Crippen molar-refractivity contribution in [3.63, 3.8) is 0 Å². The number of hydrogen-bond donors (Lipinski definition) is 2. The maximum absolute atomic E-state index is 13.8. The van der Waals surface area contributed by atoms with E-state index < -0.39 is 5.41 Å². The molecule has 0 radical (unpaired) electrons. The fourth-order valence-electron chi connectivity index (χ4n) is 7.04. The van der Waals surface area contributed by atoms with Crippen molar-refractivity contribution in [3.8, 4) is 12.1 Å². The topological polar surface area (TPSA) is 114 Å².